The van der Waals surface area contributed by atoms with E-state index in [2.05, 4.69) is 10.0 Å². The van der Waals surface area contributed by atoms with E-state index in [-0.39, 0.29) is 11.4 Å². The van der Waals surface area contributed by atoms with Crippen LogP contribution >= 0.6 is 0 Å². The molecule has 3 N–H and O–H groups in total. The molecule has 0 aliphatic rings. The standard InChI is InChI=1S/C13H19N3O3S/c1-10-7-13(4-3-12(10)8-14)20(18,19)16-6-5-15-9-11(2)17/h3-4,7,11,15-17H,5-6,9H2,1-2H3. The van der Waals surface area contributed by atoms with Gasteiger partial charge in [-0.25, -0.2) is 13.1 Å². The number of sulfonamides is 1. The summed E-state index contributed by atoms with van der Waals surface area (Å²) in [7, 11) is -3.57. The quantitative estimate of drug-likeness (QED) is 0.620. The fourth-order valence-corrected chi connectivity index (χ4v) is 2.71. The fourth-order valence-electron chi connectivity index (χ4n) is 1.60. The summed E-state index contributed by atoms with van der Waals surface area (Å²) in [4.78, 5) is 0.143. The van der Waals surface area contributed by atoms with Crippen LogP contribution in [0.5, 0.6) is 0 Å². The topological polar surface area (TPSA) is 102 Å². The van der Waals surface area contributed by atoms with Crippen LogP contribution in [-0.2, 0) is 10.0 Å². The number of aryl methyl sites for hydroxylation is 1. The highest BCUT2D eigenvalue weighted by atomic mass is 32.2. The van der Waals surface area contributed by atoms with Crippen LogP contribution < -0.4 is 10.0 Å². The van der Waals surface area contributed by atoms with Crippen LogP contribution in [0.3, 0.4) is 0 Å². The minimum Gasteiger partial charge on any atom is -0.392 e. The third-order valence-electron chi connectivity index (χ3n) is 2.66. The van der Waals surface area contributed by atoms with Gasteiger partial charge in [0.25, 0.3) is 0 Å². The Hall–Kier alpha value is -1.46. The van der Waals surface area contributed by atoms with E-state index < -0.39 is 16.1 Å². The normalized spacial score (nSPS) is 12.9. The second-order valence-corrected chi connectivity index (χ2v) is 6.31. The molecule has 7 heteroatoms. The van der Waals surface area contributed by atoms with Crippen molar-refractivity contribution < 1.29 is 13.5 Å². The summed E-state index contributed by atoms with van der Waals surface area (Å²) >= 11 is 0. The fraction of sp³-hybridized carbons (Fsp3) is 0.462. The van der Waals surface area contributed by atoms with Crippen LogP contribution in [0, 0.1) is 18.3 Å². The van der Waals surface area contributed by atoms with Crippen LogP contribution in [0.25, 0.3) is 0 Å². The maximum atomic E-state index is 12.0. The molecule has 20 heavy (non-hydrogen) atoms. The minimum atomic E-state index is -3.57. The van der Waals surface area contributed by atoms with Gasteiger partial charge in [-0.05, 0) is 37.6 Å². The maximum Gasteiger partial charge on any atom is 0.240 e. The second kappa shape index (κ2) is 7.36. The second-order valence-electron chi connectivity index (χ2n) is 4.54. The number of rotatable bonds is 7. The first-order valence-corrected chi connectivity index (χ1v) is 7.74. The minimum absolute atomic E-state index is 0.143. The molecule has 0 fully saturated rings. The Kier molecular flexibility index (Phi) is 6.10. The highest BCUT2D eigenvalue weighted by Crippen LogP contribution is 2.14. The molecule has 1 unspecified atom stereocenters. The molecule has 0 heterocycles. The van der Waals surface area contributed by atoms with Crippen LogP contribution in [0.1, 0.15) is 18.1 Å². The van der Waals surface area contributed by atoms with Gasteiger partial charge in [-0.15, -0.1) is 0 Å². The molecule has 0 spiro atoms. The number of aliphatic hydroxyl groups is 1. The lowest BCUT2D eigenvalue weighted by Crippen LogP contribution is -2.34. The first-order valence-electron chi connectivity index (χ1n) is 6.26. The monoisotopic (exact) mass is 297 g/mol. The van der Waals surface area contributed by atoms with Gasteiger partial charge < -0.3 is 10.4 Å². The lowest BCUT2D eigenvalue weighted by molar-refractivity contribution is 0.192. The van der Waals surface area contributed by atoms with Gasteiger partial charge in [0, 0.05) is 19.6 Å². The average Bonchev–Trinajstić information content (AvgIpc) is 2.37. The Balaban J connectivity index is 2.61. The molecule has 0 bridgehead atoms. The number of nitrogens with zero attached hydrogens (tertiary/aromatic N) is 1. The molecule has 1 aromatic carbocycles. The third-order valence-corrected chi connectivity index (χ3v) is 4.12. The highest BCUT2D eigenvalue weighted by molar-refractivity contribution is 7.89. The van der Waals surface area contributed by atoms with Gasteiger partial charge in [-0.1, -0.05) is 0 Å². The zero-order chi connectivity index (χ0) is 15.2. The molecule has 1 rings (SSSR count). The maximum absolute atomic E-state index is 12.0. The van der Waals surface area contributed by atoms with Gasteiger partial charge in [0.15, 0.2) is 0 Å². The van der Waals surface area contributed by atoms with Crippen molar-refractivity contribution in [2.45, 2.75) is 24.8 Å². The van der Waals surface area contributed by atoms with Gasteiger partial charge in [-0.2, -0.15) is 5.26 Å². The summed E-state index contributed by atoms with van der Waals surface area (Å²) in [5.41, 5.74) is 1.09. The van der Waals surface area contributed by atoms with Gasteiger partial charge in [0.05, 0.1) is 22.6 Å². The summed E-state index contributed by atoms with van der Waals surface area (Å²) < 4.78 is 26.5. The predicted octanol–water partition coefficient (Wildman–Crippen LogP) is 0.115. The molecular weight excluding hydrogens is 278 g/mol. The van der Waals surface area contributed by atoms with Crippen molar-refractivity contribution in [1.29, 1.82) is 5.26 Å². The van der Waals surface area contributed by atoms with Crippen molar-refractivity contribution >= 4 is 10.0 Å². The lowest BCUT2D eigenvalue weighted by atomic mass is 10.1. The largest absolute Gasteiger partial charge is 0.392 e. The number of benzene rings is 1. The van der Waals surface area contributed by atoms with E-state index in [0.717, 1.165) is 0 Å². The summed E-state index contributed by atoms with van der Waals surface area (Å²) in [6, 6.07) is 6.38. The van der Waals surface area contributed by atoms with E-state index in [4.69, 9.17) is 10.4 Å². The lowest BCUT2D eigenvalue weighted by Gasteiger charge is -2.09. The zero-order valence-corrected chi connectivity index (χ0v) is 12.4. The Morgan fingerprint density at radius 1 is 1.40 bits per heavy atom. The Morgan fingerprint density at radius 2 is 2.10 bits per heavy atom. The molecule has 0 radical (unpaired) electrons. The van der Waals surface area contributed by atoms with E-state index in [1.54, 1.807) is 13.8 Å². The molecular formula is C13H19N3O3S. The van der Waals surface area contributed by atoms with Crippen molar-refractivity contribution in [1.82, 2.24) is 10.0 Å². The van der Waals surface area contributed by atoms with Crippen molar-refractivity contribution in [2.75, 3.05) is 19.6 Å². The number of aliphatic hydroxyl groups excluding tert-OH is 1. The third kappa shape index (κ3) is 4.90. The molecule has 1 aromatic rings. The Bertz CT molecular complexity index is 591. The molecule has 0 saturated carbocycles. The van der Waals surface area contributed by atoms with Gasteiger partial charge in [0.2, 0.25) is 10.0 Å². The van der Waals surface area contributed by atoms with E-state index >= 15 is 0 Å². The molecule has 110 valence electrons. The molecule has 0 aliphatic heterocycles. The van der Waals surface area contributed by atoms with E-state index in [1.807, 2.05) is 6.07 Å². The zero-order valence-electron chi connectivity index (χ0n) is 11.5. The van der Waals surface area contributed by atoms with Gasteiger partial charge in [0.1, 0.15) is 0 Å². The summed E-state index contributed by atoms with van der Waals surface area (Å²) in [5, 5.41) is 20.8. The number of hydrogen-bond acceptors (Lipinski definition) is 5. The summed E-state index contributed by atoms with van der Waals surface area (Å²) in [6.45, 7) is 4.42. The van der Waals surface area contributed by atoms with Crippen LogP contribution in [0.15, 0.2) is 23.1 Å². The number of nitrogens with one attached hydrogen (secondary N) is 2. The van der Waals surface area contributed by atoms with E-state index in [9.17, 15) is 8.42 Å². The van der Waals surface area contributed by atoms with Crippen molar-refractivity contribution in [3.8, 4) is 6.07 Å². The van der Waals surface area contributed by atoms with Crippen molar-refractivity contribution in [2.24, 2.45) is 0 Å². The van der Waals surface area contributed by atoms with Crippen LogP contribution in [0.2, 0.25) is 0 Å². The van der Waals surface area contributed by atoms with Crippen molar-refractivity contribution in [3.63, 3.8) is 0 Å². The van der Waals surface area contributed by atoms with Crippen molar-refractivity contribution in [3.05, 3.63) is 29.3 Å². The SMILES string of the molecule is Cc1cc(S(=O)(=O)NCCNCC(C)O)ccc1C#N. The van der Waals surface area contributed by atoms with Gasteiger partial charge >= 0.3 is 0 Å². The predicted molar refractivity (Wildman–Crippen MR) is 75.6 cm³/mol. The van der Waals surface area contributed by atoms with Crippen LogP contribution in [-0.4, -0.2) is 39.3 Å². The smallest absolute Gasteiger partial charge is 0.240 e. The first-order chi connectivity index (χ1) is 9.36. The first kappa shape index (κ1) is 16.6. The van der Waals surface area contributed by atoms with E-state index in [0.29, 0.717) is 24.2 Å². The number of nitriles is 1. The molecule has 6 nitrogen and oxygen atoms in total. The van der Waals surface area contributed by atoms with Gasteiger partial charge in [-0.3, -0.25) is 0 Å². The molecule has 1 atom stereocenters. The van der Waals surface area contributed by atoms with Crippen LogP contribution in [0.4, 0.5) is 0 Å². The molecule has 0 saturated heterocycles. The summed E-state index contributed by atoms with van der Waals surface area (Å²) in [6.07, 6.45) is -0.465. The van der Waals surface area contributed by atoms with E-state index in [1.165, 1.54) is 18.2 Å². The molecule has 0 amide bonds. The Morgan fingerprint density at radius 3 is 2.65 bits per heavy atom. The number of hydrogen-bond donors (Lipinski definition) is 3. The Labute approximate surface area is 119 Å². The molecule has 0 aromatic heterocycles. The average molecular weight is 297 g/mol. The molecule has 0 aliphatic carbocycles. The summed E-state index contributed by atoms with van der Waals surface area (Å²) in [5.74, 6) is 0. The highest BCUT2D eigenvalue weighted by Gasteiger charge is 2.14.